The quantitative estimate of drug-likeness (QED) is 0.935. The first kappa shape index (κ1) is 16.6. The Morgan fingerprint density at radius 1 is 1.17 bits per heavy atom. The first-order valence-corrected chi connectivity index (χ1v) is 6.57. The van der Waals surface area contributed by atoms with Gasteiger partial charge in [0.1, 0.15) is 11.4 Å². The molecule has 2 rings (SSSR count). The Bertz CT molecular complexity index is 751. The molecule has 0 saturated carbocycles. The van der Waals surface area contributed by atoms with E-state index in [1.165, 1.54) is 12.1 Å². The van der Waals surface area contributed by atoms with Gasteiger partial charge in [-0.2, -0.15) is 13.2 Å². The summed E-state index contributed by atoms with van der Waals surface area (Å²) in [5.74, 6) is -1.51. The molecule has 0 radical (unpaired) electrons. The highest BCUT2D eigenvalue weighted by Gasteiger charge is 2.34. The Labute approximate surface area is 128 Å². The third-order valence-corrected chi connectivity index (χ3v) is 2.78. The van der Waals surface area contributed by atoms with Gasteiger partial charge in [-0.1, -0.05) is 0 Å². The fourth-order valence-electron chi connectivity index (χ4n) is 1.72. The summed E-state index contributed by atoms with van der Waals surface area (Å²) in [5.41, 5.74) is -1.44. The van der Waals surface area contributed by atoms with Gasteiger partial charge < -0.3 is 14.5 Å². The van der Waals surface area contributed by atoms with Crippen LogP contribution in [0.5, 0.6) is 5.75 Å². The highest BCUT2D eigenvalue weighted by molar-refractivity contribution is 6.04. The highest BCUT2D eigenvalue weighted by atomic mass is 19.4. The summed E-state index contributed by atoms with van der Waals surface area (Å²) < 4.78 is 46.6. The summed E-state index contributed by atoms with van der Waals surface area (Å²) >= 11 is 0. The summed E-state index contributed by atoms with van der Waals surface area (Å²) in [5, 5.41) is 2.20. The number of benzene rings is 1. The van der Waals surface area contributed by atoms with Crippen molar-refractivity contribution in [1.82, 2.24) is 0 Å². The van der Waals surface area contributed by atoms with Gasteiger partial charge in [-0.3, -0.25) is 4.79 Å². The molecule has 23 heavy (non-hydrogen) atoms. The van der Waals surface area contributed by atoms with Crippen LogP contribution in [0.3, 0.4) is 0 Å². The maximum atomic E-state index is 12.4. The van der Waals surface area contributed by atoms with Crippen molar-refractivity contribution in [1.29, 1.82) is 0 Å². The number of ether oxygens (including phenoxy) is 1. The molecular weight excluding hydrogens is 315 g/mol. The number of nitrogens with one attached hydrogen (secondary N) is 1. The monoisotopic (exact) mass is 327 g/mol. The third kappa shape index (κ3) is 4.12. The number of hydrogen-bond acceptors (Lipinski definition) is 4. The average molecular weight is 327 g/mol. The van der Waals surface area contributed by atoms with Crippen LogP contribution in [0.15, 0.2) is 45.6 Å². The second-order valence-electron chi connectivity index (χ2n) is 4.41. The molecule has 0 aliphatic heterocycles. The Morgan fingerprint density at radius 3 is 2.35 bits per heavy atom. The average Bonchev–Trinajstić information content (AvgIpc) is 2.49. The molecule has 1 aromatic heterocycles. The zero-order valence-electron chi connectivity index (χ0n) is 11.9. The van der Waals surface area contributed by atoms with Gasteiger partial charge in [0.2, 0.25) is 5.76 Å². The van der Waals surface area contributed by atoms with Crippen LogP contribution >= 0.6 is 0 Å². The molecule has 5 nitrogen and oxygen atoms in total. The van der Waals surface area contributed by atoms with E-state index in [1.54, 1.807) is 12.1 Å². The maximum Gasteiger partial charge on any atom is 0.449 e. The van der Waals surface area contributed by atoms with E-state index >= 15 is 0 Å². The van der Waals surface area contributed by atoms with E-state index in [0.717, 1.165) is 6.07 Å². The van der Waals surface area contributed by atoms with E-state index in [4.69, 9.17) is 4.74 Å². The Hall–Kier alpha value is -2.77. The smallest absolute Gasteiger partial charge is 0.449 e. The van der Waals surface area contributed by atoms with Crippen molar-refractivity contribution in [2.24, 2.45) is 0 Å². The van der Waals surface area contributed by atoms with Crippen molar-refractivity contribution in [3.05, 3.63) is 58.1 Å². The highest BCUT2D eigenvalue weighted by Crippen LogP contribution is 2.28. The van der Waals surface area contributed by atoms with Crippen LogP contribution in [0, 0.1) is 0 Å². The summed E-state index contributed by atoms with van der Waals surface area (Å²) in [4.78, 5) is 23.5. The van der Waals surface area contributed by atoms with Crippen molar-refractivity contribution in [3.8, 4) is 5.75 Å². The van der Waals surface area contributed by atoms with Gasteiger partial charge in [0.15, 0.2) is 0 Å². The number of carbonyl (C=O) groups excluding carboxylic acids is 1. The largest absolute Gasteiger partial charge is 0.494 e. The number of rotatable bonds is 4. The molecule has 1 heterocycles. The second kappa shape index (κ2) is 6.55. The van der Waals surface area contributed by atoms with E-state index < -0.39 is 23.5 Å². The predicted octanol–water partition coefficient (Wildman–Crippen LogP) is 3.31. The fourth-order valence-corrected chi connectivity index (χ4v) is 1.72. The van der Waals surface area contributed by atoms with Gasteiger partial charge in [-0.05, 0) is 43.3 Å². The van der Waals surface area contributed by atoms with Gasteiger partial charge in [0.05, 0.1) is 6.61 Å². The topological polar surface area (TPSA) is 68.5 Å². The zero-order chi connectivity index (χ0) is 17.0. The molecule has 0 fully saturated rings. The van der Waals surface area contributed by atoms with Gasteiger partial charge >= 0.3 is 11.8 Å². The van der Waals surface area contributed by atoms with Gasteiger partial charge in [0.25, 0.3) is 5.91 Å². The van der Waals surface area contributed by atoms with Crippen LogP contribution in [0.4, 0.5) is 18.9 Å². The lowest BCUT2D eigenvalue weighted by molar-refractivity contribution is -0.154. The Kier molecular flexibility index (Phi) is 4.73. The Balaban J connectivity index is 2.15. The molecule has 1 aromatic carbocycles. The second-order valence-corrected chi connectivity index (χ2v) is 4.41. The van der Waals surface area contributed by atoms with Gasteiger partial charge in [0, 0.05) is 5.56 Å². The lowest BCUT2D eigenvalue weighted by Gasteiger charge is -2.07. The number of carbonyl (C=O) groups is 1. The maximum absolute atomic E-state index is 12.4. The summed E-state index contributed by atoms with van der Waals surface area (Å²) in [6, 6.07) is 7.48. The van der Waals surface area contributed by atoms with Crippen molar-refractivity contribution >= 4 is 11.6 Å². The van der Waals surface area contributed by atoms with Crippen molar-refractivity contribution in [3.63, 3.8) is 0 Å². The molecule has 0 aliphatic rings. The molecule has 0 aliphatic carbocycles. The molecular formula is C15H12F3NO4. The van der Waals surface area contributed by atoms with Crippen LogP contribution in [-0.2, 0) is 6.18 Å². The summed E-state index contributed by atoms with van der Waals surface area (Å²) in [6.07, 6.45) is -4.77. The zero-order valence-corrected chi connectivity index (χ0v) is 11.9. The Morgan fingerprint density at radius 2 is 1.83 bits per heavy atom. The molecule has 8 heteroatoms. The lowest BCUT2D eigenvalue weighted by atomic mass is 10.2. The molecule has 1 amide bonds. The van der Waals surface area contributed by atoms with Crippen molar-refractivity contribution in [2.75, 3.05) is 11.9 Å². The van der Waals surface area contributed by atoms with Crippen LogP contribution in [-0.4, -0.2) is 12.5 Å². The van der Waals surface area contributed by atoms with E-state index in [-0.39, 0.29) is 11.3 Å². The number of hydrogen-bond donors (Lipinski definition) is 1. The minimum Gasteiger partial charge on any atom is -0.494 e. The number of alkyl halides is 3. The lowest BCUT2D eigenvalue weighted by Crippen LogP contribution is -2.19. The normalized spacial score (nSPS) is 11.1. The third-order valence-electron chi connectivity index (χ3n) is 2.78. The van der Waals surface area contributed by atoms with Crippen LogP contribution in [0.2, 0.25) is 0 Å². The molecule has 0 saturated heterocycles. The van der Waals surface area contributed by atoms with E-state index in [2.05, 4.69) is 9.73 Å². The summed E-state index contributed by atoms with van der Waals surface area (Å²) in [6.45, 7) is 2.28. The number of halogens is 3. The number of anilines is 1. The predicted molar refractivity (Wildman–Crippen MR) is 75.5 cm³/mol. The molecule has 122 valence electrons. The molecule has 0 unspecified atom stereocenters. The molecule has 2 aromatic rings. The van der Waals surface area contributed by atoms with E-state index in [0.29, 0.717) is 18.4 Å². The molecule has 1 N–H and O–H groups in total. The molecule has 0 spiro atoms. The molecule has 0 atom stereocenters. The SMILES string of the molecule is CCOc1ccc(C(=O)Nc2ccc(C(F)(F)F)oc2=O)cc1. The van der Waals surface area contributed by atoms with E-state index in [9.17, 15) is 22.8 Å². The fraction of sp³-hybridized carbons (Fsp3) is 0.200. The minimum absolute atomic E-state index is 0.216. The van der Waals surface area contributed by atoms with Gasteiger partial charge in [-0.15, -0.1) is 0 Å². The van der Waals surface area contributed by atoms with Crippen LogP contribution < -0.4 is 15.7 Å². The van der Waals surface area contributed by atoms with E-state index in [1.807, 2.05) is 6.92 Å². The first-order valence-electron chi connectivity index (χ1n) is 6.57. The summed E-state index contributed by atoms with van der Waals surface area (Å²) in [7, 11) is 0. The van der Waals surface area contributed by atoms with Crippen molar-refractivity contribution < 1.29 is 27.1 Å². The molecule has 0 bridgehead atoms. The van der Waals surface area contributed by atoms with Crippen LogP contribution in [0.1, 0.15) is 23.0 Å². The van der Waals surface area contributed by atoms with Crippen molar-refractivity contribution in [2.45, 2.75) is 13.1 Å². The minimum atomic E-state index is -4.77. The number of amides is 1. The first-order chi connectivity index (χ1) is 10.8. The van der Waals surface area contributed by atoms with Gasteiger partial charge in [-0.25, -0.2) is 4.79 Å². The van der Waals surface area contributed by atoms with Crippen LogP contribution in [0.25, 0.3) is 0 Å². The standard InChI is InChI=1S/C15H12F3NO4/c1-2-22-10-5-3-9(4-6-10)13(20)19-11-7-8-12(15(16,17)18)23-14(11)21/h3-8H,2H2,1H3,(H,19,20).